The Bertz CT molecular complexity index is 279. The van der Waals surface area contributed by atoms with Crippen LogP contribution in [0.5, 0.6) is 0 Å². The predicted octanol–water partition coefficient (Wildman–Crippen LogP) is -0.751. The largest absolute Gasteiger partial charge is 0.391 e. The minimum Gasteiger partial charge on any atom is -0.391 e. The van der Waals surface area contributed by atoms with E-state index < -0.39 is 12.2 Å². The third-order valence-electron chi connectivity index (χ3n) is 1.76. The maximum Gasteiger partial charge on any atom is 0.133 e. The monoisotopic (exact) mass is 218 g/mol. The lowest BCUT2D eigenvalue weighted by atomic mass is 10.2. The van der Waals surface area contributed by atoms with Gasteiger partial charge in [-0.15, -0.1) is 11.3 Å². The summed E-state index contributed by atoms with van der Waals surface area (Å²) >= 11 is 1.20. The maximum atomic E-state index is 9.61. The van der Waals surface area contributed by atoms with Gasteiger partial charge in [-0.3, -0.25) is 0 Å². The minimum atomic E-state index is -0.993. The summed E-state index contributed by atoms with van der Waals surface area (Å²) in [5.74, 6) is 0. The molecule has 1 aromatic heterocycles. The van der Waals surface area contributed by atoms with Crippen molar-refractivity contribution in [2.24, 2.45) is 0 Å². The Labute approximate surface area is 86.0 Å². The number of hydrogen-bond acceptors (Lipinski definition) is 6. The molecule has 0 aliphatic rings. The SMILES string of the molecule is CNCC(O)C(O)c1ncc(CO)s1. The molecule has 5 nitrogen and oxygen atoms in total. The summed E-state index contributed by atoms with van der Waals surface area (Å²) in [5, 5.41) is 31.0. The third kappa shape index (κ3) is 2.73. The number of aliphatic hydroxyl groups excluding tert-OH is 3. The Morgan fingerprint density at radius 3 is 2.79 bits per heavy atom. The number of nitrogens with one attached hydrogen (secondary N) is 1. The minimum absolute atomic E-state index is 0.0908. The lowest BCUT2D eigenvalue weighted by molar-refractivity contribution is 0.0201. The Kier molecular flexibility index (Phi) is 4.43. The third-order valence-corrected chi connectivity index (χ3v) is 2.81. The first-order valence-corrected chi connectivity index (χ1v) is 5.07. The van der Waals surface area contributed by atoms with E-state index in [1.165, 1.54) is 17.5 Å². The van der Waals surface area contributed by atoms with E-state index in [1.54, 1.807) is 7.05 Å². The van der Waals surface area contributed by atoms with Crippen molar-refractivity contribution in [2.75, 3.05) is 13.6 Å². The van der Waals surface area contributed by atoms with Crippen LogP contribution in [0.25, 0.3) is 0 Å². The summed E-state index contributed by atoms with van der Waals surface area (Å²) < 4.78 is 0. The molecule has 0 saturated carbocycles. The molecule has 14 heavy (non-hydrogen) atoms. The smallest absolute Gasteiger partial charge is 0.133 e. The first kappa shape index (κ1) is 11.5. The van der Waals surface area contributed by atoms with Gasteiger partial charge in [-0.25, -0.2) is 4.98 Å². The van der Waals surface area contributed by atoms with Gasteiger partial charge in [-0.05, 0) is 7.05 Å². The summed E-state index contributed by atoms with van der Waals surface area (Å²) in [6.45, 7) is 0.210. The van der Waals surface area contributed by atoms with Gasteiger partial charge in [-0.2, -0.15) is 0 Å². The van der Waals surface area contributed by atoms with Crippen LogP contribution in [-0.4, -0.2) is 40.0 Å². The zero-order chi connectivity index (χ0) is 10.6. The van der Waals surface area contributed by atoms with Gasteiger partial charge < -0.3 is 20.6 Å². The van der Waals surface area contributed by atoms with Crippen LogP contribution in [0.4, 0.5) is 0 Å². The first-order chi connectivity index (χ1) is 6.69. The van der Waals surface area contributed by atoms with E-state index in [-0.39, 0.29) is 6.61 Å². The van der Waals surface area contributed by atoms with Gasteiger partial charge >= 0.3 is 0 Å². The quantitative estimate of drug-likeness (QED) is 0.522. The van der Waals surface area contributed by atoms with Gasteiger partial charge in [0.05, 0.1) is 17.6 Å². The van der Waals surface area contributed by atoms with E-state index in [1.807, 2.05) is 0 Å². The molecule has 0 aromatic carbocycles. The van der Waals surface area contributed by atoms with Crippen molar-refractivity contribution in [3.8, 4) is 0 Å². The van der Waals surface area contributed by atoms with Gasteiger partial charge in [0.1, 0.15) is 11.1 Å². The van der Waals surface area contributed by atoms with E-state index >= 15 is 0 Å². The van der Waals surface area contributed by atoms with Crippen molar-refractivity contribution >= 4 is 11.3 Å². The zero-order valence-corrected chi connectivity index (χ0v) is 8.66. The van der Waals surface area contributed by atoms with Crippen LogP contribution >= 0.6 is 11.3 Å². The predicted molar refractivity (Wildman–Crippen MR) is 52.9 cm³/mol. The van der Waals surface area contributed by atoms with Gasteiger partial charge in [0.25, 0.3) is 0 Å². The van der Waals surface area contributed by atoms with Crippen LogP contribution in [-0.2, 0) is 6.61 Å². The van der Waals surface area contributed by atoms with Gasteiger partial charge in [0, 0.05) is 12.7 Å². The Balaban J connectivity index is 2.63. The second-order valence-electron chi connectivity index (χ2n) is 2.89. The molecule has 80 valence electrons. The standard InChI is InChI=1S/C8H14N2O3S/c1-9-3-6(12)7(13)8-10-2-5(4-11)14-8/h2,6-7,9,11-13H,3-4H2,1H3. The molecule has 6 heteroatoms. The molecule has 1 rings (SSSR count). The fraction of sp³-hybridized carbons (Fsp3) is 0.625. The molecule has 0 aliphatic heterocycles. The zero-order valence-electron chi connectivity index (χ0n) is 7.84. The lowest BCUT2D eigenvalue weighted by Crippen LogP contribution is -2.29. The Morgan fingerprint density at radius 1 is 1.57 bits per heavy atom. The van der Waals surface area contributed by atoms with Crippen molar-refractivity contribution in [2.45, 2.75) is 18.8 Å². The highest BCUT2D eigenvalue weighted by molar-refractivity contribution is 7.11. The van der Waals surface area contributed by atoms with Crippen molar-refractivity contribution in [1.82, 2.24) is 10.3 Å². The molecule has 1 aromatic rings. The van der Waals surface area contributed by atoms with Crippen LogP contribution in [0.3, 0.4) is 0 Å². The van der Waals surface area contributed by atoms with Crippen LogP contribution in [0.1, 0.15) is 16.0 Å². The van der Waals surface area contributed by atoms with E-state index in [0.29, 0.717) is 16.4 Å². The molecular formula is C8H14N2O3S. The van der Waals surface area contributed by atoms with Crippen molar-refractivity contribution < 1.29 is 15.3 Å². The molecule has 0 bridgehead atoms. The van der Waals surface area contributed by atoms with E-state index in [2.05, 4.69) is 10.3 Å². The first-order valence-electron chi connectivity index (χ1n) is 4.25. The summed E-state index contributed by atoms with van der Waals surface area (Å²) in [7, 11) is 1.69. The number of rotatable bonds is 5. The summed E-state index contributed by atoms with van der Waals surface area (Å²) in [4.78, 5) is 4.59. The number of aliphatic hydroxyl groups is 3. The van der Waals surface area contributed by atoms with E-state index in [0.717, 1.165) is 0 Å². The Hall–Kier alpha value is -0.530. The van der Waals surface area contributed by atoms with Crippen LogP contribution in [0, 0.1) is 0 Å². The van der Waals surface area contributed by atoms with E-state index in [4.69, 9.17) is 5.11 Å². The highest BCUT2D eigenvalue weighted by Gasteiger charge is 2.20. The van der Waals surface area contributed by atoms with Gasteiger partial charge in [0.2, 0.25) is 0 Å². The normalized spacial score (nSPS) is 15.4. The number of hydrogen-bond donors (Lipinski definition) is 4. The molecule has 0 aliphatic carbocycles. The second kappa shape index (κ2) is 5.38. The summed E-state index contributed by atoms with van der Waals surface area (Å²) in [6, 6.07) is 0. The van der Waals surface area contributed by atoms with Crippen LogP contribution in [0.15, 0.2) is 6.20 Å². The van der Waals surface area contributed by atoms with Crippen molar-refractivity contribution in [3.05, 3.63) is 16.1 Å². The highest BCUT2D eigenvalue weighted by Crippen LogP contribution is 2.22. The molecule has 0 amide bonds. The van der Waals surface area contributed by atoms with Crippen molar-refractivity contribution in [3.63, 3.8) is 0 Å². The molecule has 0 spiro atoms. The number of likely N-dealkylation sites (N-methyl/N-ethyl adjacent to an activating group) is 1. The fourth-order valence-corrected chi connectivity index (χ4v) is 1.84. The van der Waals surface area contributed by atoms with Crippen molar-refractivity contribution in [1.29, 1.82) is 0 Å². The lowest BCUT2D eigenvalue weighted by Gasteiger charge is -2.14. The molecule has 2 atom stereocenters. The topological polar surface area (TPSA) is 85.6 Å². The van der Waals surface area contributed by atoms with Gasteiger partial charge in [0.15, 0.2) is 0 Å². The average molecular weight is 218 g/mol. The number of aromatic nitrogens is 1. The fourth-order valence-electron chi connectivity index (χ4n) is 1.02. The molecule has 0 radical (unpaired) electrons. The van der Waals surface area contributed by atoms with E-state index in [9.17, 15) is 10.2 Å². The maximum absolute atomic E-state index is 9.61. The summed E-state index contributed by atoms with van der Waals surface area (Å²) in [5.41, 5.74) is 0. The Morgan fingerprint density at radius 2 is 2.29 bits per heavy atom. The molecular weight excluding hydrogens is 204 g/mol. The molecule has 0 fully saturated rings. The molecule has 0 saturated heterocycles. The number of nitrogens with zero attached hydrogens (tertiary/aromatic N) is 1. The molecule has 2 unspecified atom stereocenters. The number of thiazole rings is 1. The van der Waals surface area contributed by atoms with Gasteiger partial charge in [-0.1, -0.05) is 0 Å². The highest BCUT2D eigenvalue weighted by atomic mass is 32.1. The molecule has 4 N–H and O–H groups in total. The van der Waals surface area contributed by atoms with Crippen LogP contribution in [0.2, 0.25) is 0 Å². The van der Waals surface area contributed by atoms with Crippen LogP contribution < -0.4 is 5.32 Å². The molecule has 1 heterocycles. The average Bonchev–Trinajstić information content (AvgIpc) is 2.65. The summed E-state index contributed by atoms with van der Waals surface area (Å²) in [6.07, 6.45) is -0.375. The second-order valence-corrected chi connectivity index (χ2v) is 4.04.